The van der Waals surface area contributed by atoms with Crippen LogP contribution in [0.15, 0.2) is 24.3 Å². The first-order chi connectivity index (χ1) is 9.66. The van der Waals surface area contributed by atoms with Crippen molar-refractivity contribution in [1.29, 1.82) is 0 Å². The number of anilines is 2. The van der Waals surface area contributed by atoms with Crippen LogP contribution in [0.3, 0.4) is 0 Å². The molecule has 108 valence electrons. The van der Waals surface area contributed by atoms with Crippen molar-refractivity contribution in [1.82, 2.24) is 0 Å². The Morgan fingerprint density at radius 2 is 1.95 bits per heavy atom. The molecule has 1 aliphatic heterocycles. The maximum Gasteiger partial charge on any atom is 0.230 e. The number of carbonyl (C=O) groups excluding carboxylic acids is 1. The lowest BCUT2D eigenvalue weighted by atomic mass is 9.85. The van der Waals surface area contributed by atoms with Gasteiger partial charge in [0.15, 0.2) is 0 Å². The van der Waals surface area contributed by atoms with Gasteiger partial charge in [0.25, 0.3) is 0 Å². The van der Waals surface area contributed by atoms with E-state index < -0.39 is 0 Å². The minimum absolute atomic E-state index is 0.107. The van der Waals surface area contributed by atoms with Crippen LogP contribution in [0.4, 0.5) is 11.4 Å². The van der Waals surface area contributed by atoms with E-state index in [9.17, 15) is 4.79 Å². The number of para-hydroxylation sites is 2. The zero-order chi connectivity index (χ0) is 14.1. The van der Waals surface area contributed by atoms with E-state index in [0.717, 1.165) is 50.1 Å². The number of likely N-dealkylation sites (N-methyl/N-ethyl adjacent to an activating group) is 1. The first-order valence-corrected chi connectivity index (χ1v) is 7.54. The van der Waals surface area contributed by atoms with Crippen LogP contribution < -0.4 is 15.5 Å². The molecule has 2 unspecified atom stereocenters. The fourth-order valence-corrected chi connectivity index (χ4v) is 3.41. The van der Waals surface area contributed by atoms with Crippen molar-refractivity contribution in [3.63, 3.8) is 0 Å². The second kappa shape index (κ2) is 5.44. The molecule has 0 spiro atoms. The molecule has 1 fully saturated rings. The molecule has 1 heterocycles. The second-order valence-electron chi connectivity index (χ2n) is 6.02. The van der Waals surface area contributed by atoms with Gasteiger partial charge >= 0.3 is 0 Å². The lowest BCUT2D eigenvalue weighted by Crippen LogP contribution is -2.46. The van der Waals surface area contributed by atoms with E-state index >= 15 is 0 Å². The Morgan fingerprint density at radius 3 is 2.70 bits per heavy atom. The van der Waals surface area contributed by atoms with Gasteiger partial charge in [0, 0.05) is 32.1 Å². The number of nitrogens with two attached hydrogens (primary N) is 1. The van der Waals surface area contributed by atoms with Gasteiger partial charge in [0.2, 0.25) is 5.91 Å². The lowest BCUT2D eigenvalue weighted by Gasteiger charge is -2.38. The Bertz CT molecular complexity index is 502. The van der Waals surface area contributed by atoms with Crippen LogP contribution in [0.5, 0.6) is 0 Å². The summed E-state index contributed by atoms with van der Waals surface area (Å²) in [6, 6.07) is 8.36. The molecule has 1 aromatic rings. The van der Waals surface area contributed by atoms with E-state index in [-0.39, 0.29) is 17.9 Å². The lowest BCUT2D eigenvalue weighted by molar-refractivity contribution is -0.123. The fourth-order valence-electron chi connectivity index (χ4n) is 3.41. The van der Waals surface area contributed by atoms with E-state index in [4.69, 9.17) is 5.73 Å². The summed E-state index contributed by atoms with van der Waals surface area (Å²) in [5.41, 5.74) is 8.22. The molecule has 4 nitrogen and oxygen atoms in total. The highest BCUT2D eigenvalue weighted by molar-refractivity contribution is 5.99. The van der Waals surface area contributed by atoms with Gasteiger partial charge in [-0.2, -0.15) is 0 Å². The molecular formula is C16H23N3O. The average Bonchev–Trinajstić information content (AvgIpc) is 2.47. The van der Waals surface area contributed by atoms with Crippen LogP contribution in [0, 0.1) is 5.92 Å². The number of benzene rings is 1. The van der Waals surface area contributed by atoms with Crippen molar-refractivity contribution in [2.75, 3.05) is 29.9 Å². The zero-order valence-corrected chi connectivity index (χ0v) is 12.1. The van der Waals surface area contributed by atoms with E-state index in [2.05, 4.69) is 18.0 Å². The number of hydrogen-bond acceptors (Lipinski definition) is 3. The van der Waals surface area contributed by atoms with E-state index in [1.54, 1.807) is 0 Å². The topological polar surface area (TPSA) is 49.6 Å². The average molecular weight is 273 g/mol. The molecule has 20 heavy (non-hydrogen) atoms. The number of fused-ring (bicyclic) bond motifs is 1. The quantitative estimate of drug-likeness (QED) is 0.851. The molecule has 3 rings (SSSR count). The van der Waals surface area contributed by atoms with Crippen LogP contribution in [0.25, 0.3) is 0 Å². The first-order valence-electron chi connectivity index (χ1n) is 7.54. The van der Waals surface area contributed by atoms with Gasteiger partial charge in [0.1, 0.15) is 0 Å². The summed E-state index contributed by atoms with van der Waals surface area (Å²) in [6.07, 6.45) is 3.96. The molecule has 0 saturated heterocycles. The Morgan fingerprint density at radius 1 is 1.20 bits per heavy atom. The van der Waals surface area contributed by atoms with E-state index in [0.29, 0.717) is 0 Å². The summed E-state index contributed by atoms with van der Waals surface area (Å²) in [5.74, 6) is 0.371. The highest BCUT2D eigenvalue weighted by Crippen LogP contribution is 2.34. The van der Waals surface area contributed by atoms with Crippen molar-refractivity contribution in [3.8, 4) is 0 Å². The number of nitrogens with zero attached hydrogens (tertiary/aromatic N) is 2. The molecule has 1 aliphatic carbocycles. The third-order valence-electron chi connectivity index (χ3n) is 4.57. The Kier molecular flexibility index (Phi) is 3.66. The van der Waals surface area contributed by atoms with Gasteiger partial charge in [-0.3, -0.25) is 4.79 Å². The predicted molar refractivity (Wildman–Crippen MR) is 82.0 cm³/mol. The summed E-state index contributed by atoms with van der Waals surface area (Å²) < 4.78 is 0. The summed E-state index contributed by atoms with van der Waals surface area (Å²) in [6.45, 7) is 1.67. The number of rotatable bonds is 1. The SMILES string of the molecule is CN1CCN(C(=O)C2CCCC(N)C2)c2ccccc21. The number of hydrogen-bond donors (Lipinski definition) is 1. The summed E-state index contributed by atoms with van der Waals surface area (Å²) in [7, 11) is 2.08. The van der Waals surface area contributed by atoms with Gasteiger partial charge in [-0.05, 0) is 31.4 Å². The summed E-state index contributed by atoms with van der Waals surface area (Å²) in [4.78, 5) is 17.0. The monoisotopic (exact) mass is 273 g/mol. The van der Waals surface area contributed by atoms with Crippen molar-refractivity contribution >= 4 is 17.3 Å². The number of carbonyl (C=O) groups is 1. The Balaban J connectivity index is 1.84. The van der Waals surface area contributed by atoms with Gasteiger partial charge in [-0.15, -0.1) is 0 Å². The minimum Gasteiger partial charge on any atom is -0.371 e. The summed E-state index contributed by atoms with van der Waals surface area (Å²) in [5, 5.41) is 0. The third-order valence-corrected chi connectivity index (χ3v) is 4.57. The predicted octanol–water partition coefficient (Wildman–Crippen LogP) is 1.99. The largest absolute Gasteiger partial charge is 0.371 e. The van der Waals surface area contributed by atoms with Crippen LogP contribution in [-0.2, 0) is 4.79 Å². The molecule has 1 saturated carbocycles. The molecule has 1 aromatic carbocycles. The highest BCUT2D eigenvalue weighted by atomic mass is 16.2. The van der Waals surface area contributed by atoms with Gasteiger partial charge in [-0.1, -0.05) is 18.6 Å². The third kappa shape index (κ3) is 2.40. The normalized spacial score (nSPS) is 26.3. The van der Waals surface area contributed by atoms with Crippen LogP contribution >= 0.6 is 0 Å². The minimum atomic E-state index is 0.107. The summed E-state index contributed by atoms with van der Waals surface area (Å²) >= 11 is 0. The smallest absolute Gasteiger partial charge is 0.230 e. The molecular weight excluding hydrogens is 250 g/mol. The van der Waals surface area contributed by atoms with Crippen LogP contribution in [0.1, 0.15) is 25.7 Å². The fraction of sp³-hybridized carbons (Fsp3) is 0.562. The van der Waals surface area contributed by atoms with Gasteiger partial charge < -0.3 is 15.5 Å². The van der Waals surface area contributed by atoms with Crippen molar-refractivity contribution in [2.24, 2.45) is 11.7 Å². The second-order valence-corrected chi connectivity index (χ2v) is 6.02. The molecule has 4 heteroatoms. The molecule has 0 aromatic heterocycles. The molecule has 1 amide bonds. The van der Waals surface area contributed by atoms with Gasteiger partial charge in [-0.25, -0.2) is 0 Å². The highest BCUT2D eigenvalue weighted by Gasteiger charge is 2.32. The number of amides is 1. The Hall–Kier alpha value is -1.55. The van der Waals surface area contributed by atoms with Crippen LogP contribution in [-0.4, -0.2) is 32.1 Å². The van der Waals surface area contributed by atoms with E-state index in [1.807, 2.05) is 23.1 Å². The molecule has 2 atom stereocenters. The van der Waals surface area contributed by atoms with Crippen molar-refractivity contribution in [2.45, 2.75) is 31.7 Å². The van der Waals surface area contributed by atoms with E-state index in [1.165, 1.54) is 0 Å². The maximum atomic E-state index is 12.8. The first kappa shape index (κ1) is 13.4. The zero-order valence-electron chi connectivity index (χ0n) is 12.1. The molecule has 2 N–H and O–H groups in total. The standard InChI is InChI=1S/C16H23N3O/c1-18-9-10-19(15-8-3-2-7-14(15)18)16(20)12-5-4-6-13(17)11-12/h2-3,7-8,12-13H,4-6,9-11,17H2,1H3. The van der Waals surface area contributed by atoms with Crippen molar-refractivity contribution in [3.05, 3.63) is 24.3 Å². The Labute approximate surface area is 120 Å². The molecule has 2 aliphatic rings. The van der Waals surface area contributed by atoms with Crippen LogP contribution in [0.2, 0.25) is 0 Å². The van der Waals surface area contributed by atoms with Crippen molar-refractivity contribution < 1.29 is 4.79 Å². The van der Waals surface area contributed by atoms with Gasteiger partial charge in [0.05, 0.1) is 11.4 Å². The molecule has 0 bridgehead atoms. The molecule has 0 radical (unpaired) electrons. The maximum absolute atomic E-state index is 12.8.